The van der Waals surface area contributed by atoms with Crippen molar-refractivity contribution in [1.82, 2.24) is 4.98 Å². The molecule has 0 bridgehead atoms. The first kappa shape index (κ1) is 9.62. The molecule has 0 saturated heterocycles. The number of nitrogens with zero attached hydrogens (tertiary/aromatic N) is 1. The summed E-state index contributed by atoms with van der Waals surface area (Å²) in [6, 6.07) is 1.85. The minimum atomic E-state index is -0.781. The van der Waals surface area contributed by atoms with Crippen LogP contribution in [-0.2, 0) is 0 Å². The molecule has 2 N–H and O–H groups in total. The van der Waals surface area contributed by atoms with Crippen LogP contribution in [0.5, 0.6) is 0 Å². The lowest BCUT2D eigenvalue weighted by molar-refractivity contribution is 0.00431. The standard InChI is InChI=1S/C11H15NO2/c1-7-4-5-12-6-9(7)11(14)10(13)8-2-3-8/h4-6,8,10-11,13-14H,2-3H2,1H3. The van der Waals surface area contributed by atoms with E-state index in [0.29, 0.717) is 0 Å². The zero-order chi connectivity index (χ0) is 10.1. The Morgan fingerprint density at radius 2 is 2.14 bits per heavy atom. The molecule has 0 spiro atoms. The van der Waals surface area contributed by atoms with Crippen molar-refractivity contribution in [3.8, 4) is 0 Å². The van der Waals surface area contributed by atoms with E-state index >= 15 is 0 Å². The van der Waals surface area contributed by atoms with Crippen molar-refractivity contribution in [3.05, 3.63) is 29.6 Å². The number of aromatic nitrogens is 1. The Kier molecular flexibility index (Phi) is 2.52. The zero-order valence-electron chi connectivity index (χ0n) is 8.22. The van der Waals surface area contributed by atoms with Crippen LogP contribution in [0.1, 0.15) is 30.1 Å². The number of aryl methyl sites for hydroxylation is 1. The number of aliphatic hydroxyl groups excluding tert-OH is 2. The van der Waals surface area contributed by atoms with Gasteiger partial charge in [-0.1, -0.05) is 0 Å². The molecule has 3 nitrogen and oxygen atoms in total. The largest absolute Gasteiger partial charge is 0.390 e. The van der Waals surface area contributed by atoms with Gasteiger partial charge in [0.2, 0.25) is 0 Å². The molecule has 2 atom stereocenters. The summed E-state index contributed by atoms with van der Waals surface area (Å²) < 4.78 is 0. The summed E-state index contributed by atoms with van der Waals surface area (Å²) in [6.07, 6.45) is 3.96. The lowest BCUT2D eigenvalue weighted by atomic mass is 9.99. The maximum absolute atomic E-state index is 9.89. The summed E-state index contributed by atoms with van der Waals surface area (Å²) in [5.74, 6) is 0.282. The van der Waals surface area contributed by atoms with E-state index in [1.807, 2.05) is 13.0 Å². The second-order valence-electron chi connectivity index (χ2n) is 4.01. The third-order valence-electron chi connectivity index (χ3n) is 2.83. The van der Waals surface area contributed by atoms with Crippen LogP contribution in [0.25, 0.3) is 0 Å². The first-order chi connectivity index (χ1) is 6.70. The van der Waals surface area contributed by atoms with Gasteiger partial charge in [-0.15, -0.1) is 0 Å². The quantitative estimate of drug-likeness (QED) is 0.758. The highest BCUT2D eigenvalue weighted by atomic mass is 16.3. The molecule has 0 aromatic carbocycles. The number of pyridine rings is 1. The first-order valence-electron chi connectivity index (χ1n) is 4.97. The van der Waals surface area contributed by atoms with Crippen LogP contribution in [-0.4, -0.2) is 21.3 Å². The van der Waals surface area contributed by atoms with Crippen LogP contribution in [0.3, 0.4) is 0 Å². The predicted octanol–water partition coefficient (Wildman–Crippen LogP) is 1.19. The van der Waals surface area contributed by atoms with Gasteiger partial charge in [0, 0.05) is 18.0 Å². The molecule has 1 saturated carbocycles. The van der Waals surface area contributed by atoms with E-state index in [4.69, 9.17) is 0 Å². The molecule has 1 fully saturated rings. The molecular weight excluding hydrogens is 178 g/mol. The number of aliphatic hydroxyl groups is 2. The minimum Gasteiger partial charge on any atom is -0.390 e. The molecule has 0 radical (unpaired) electrons. The van der Waals surface area contributed by atoms with E-state index < -0.39 is 12.2 Å². The molecule has 1 aromatic heterocycles. The fraction of sp³-hybridized carbons (Fsp3) is 0.545. The van der Waals surface area contributed by atoms with Gasteiger partial charge in [-0.2, -0.15) is 0 Å². The maximum atomic E-state index is 9.89. The fourth-order valence-electron chi connectivity index (χ4n) is 1.67. The Labute approximate surface area is 83.4 Å². The number of rotatable bonds is 3. The van der Waals surface area contributed by atoms with Crippen LogP contribution in [0.4, 0.5) is 0 Å². The lowest BCUT2D eigenvalue weighted by Crippen LogP contribution is -2.21. The third-order valence-corrected chi connectivity index (χ3v) is 2.83. The van der Waals surface area contributed by atoms with Crippen LogP contribution < -0.4 is 0 Å². The van der Waals surface area contributed by atoms with Gasteiger partial charge in [0.1, 0.15) is 6.10 Å². The Morgan fingerprint density at radius 1 is 1.43 bits per heavy atom. The minimum absolute atomic E-state index is 0.282. The second-order valence-corrected chi connectivity index (χ2v) is 4.01. The molecule has 3 heteroatoms. The van der Waals surface area contributed by atoms with E-state index in [-0.39, 0.29) is 5.92 Å². The summed E-state index contributed by atoms with van der Waals surface area (Å²) in [7, 11) is 0. The SMILES string of the molecule is Cc1ccncc1C(O)C(O)C1CC1. The van der Waals surface area contributed by atoms with Gasteiger partial charge in [0.05, 0.1) is 6.10 Å². The molecular formula is C11H15NO2. The van der Waals surface area contributed by atoms with Gasteiger partial charge in [0.15, 0.2) is 0 Å². The van der Waals surface area contributed by atoms with E-state index in [2.05, 4.69) is 4.98 Å². The van der Waals surface area contributed by atoms with Gasteiger partial charge in [-0.3, -0.25) is 4.98 Å². The smallest absolute Gasteiger partial charge is 0.107 e. The Bertz CT molecular complexity index is 323. The van der Waals surface area contributed by atoms with Crippen molar-refractivity contribution in [2.24, 2.45) is 5.92 Å². The van der Waals surface area contributed by atoms with Gasteiger partial charge < -0.3 is 10.2 Å². The Hall–Kier alpha value is -0.930. The van der Waals surface area contributed by atoms with E-state index in [9.17, 15) is 10.2 Å². The third kappa shape index (κ3) is 1.79. The second kappa shape index (κ2) is 3.67. The normalized spacial score (nSPS) is 20.5. The molecule has 0 aliphatic heterocycles. The molecule has 76 valence electrons. The van der Waals surface area contributed by atoms with Gasteiger partial charge in [-0.25, -0.2) is 0 Å². The molecule has 1 aliphatic rings. The number of hydrogen-bond acceptors (Lipinski definition) is 3. The molecule has 2 unspecified atom stereocenters. The molecule has 2 rings (SSSR count). The monoisotopic (exact) mass is 193 g/mol. The highest BCUT2D eigenvalue weighted by molar-refractivity contribution is 5.25. The van der Waals surface area contributed by atoms with Crippen LogP contribution in [0, 0.1) is 12.8 Å². The molecule has 0 amide bonds. The van der Waals surface area contributed by atoms with E-state index in [1.165, 1.54) is 0 Å². The summed E-state index contributed by atoms with van der Waals surface area (Å²) in [5, 5.41) is 19.6. The van der Waals surface area contributed by atoms with Crippen molar-refractivity contribution >= 4 is 0 Å². The average molecular weight is 193 g/mol. The average Bonchev–Trinajstić information content (AvgIpc) is 3.00. The highest BCUT2D eigenvalue weighted by Crippen LogP contribution is 2.38. The topological polar surface area (TPSA) is 53.4 Å². The van der Waals surface area contributed by atoms with Crippen LogP contribution in [0.2, 0.25) is 0 Å². The molecule has 1 aromatic rings. The van der Waals surface area contributed by atoms with Gasteiger partial charge in [0.25, 0.3) is 0 Å². The summed E-state index contributed by atoms with van der Waals surface area (Å²) in [6.45, 7) is 1.92. The maximum Gasteiger partial charge on any atom is 0.107 e. The summed E-state index contributed by atoms with van der Waals surface area (Å²) >= 11 is 0. The summed E-state index contributed by atoms with van der Waals surface area (Å²) in [5.41, 5.74) is 1.72. The zero-order valence-corrected chi connectivity index (χ0v) is 8.22. The van der Waals surface area contributed by atoms with Gasteiger partial charge in [-0.05, 0) is 37.3 Å². The lowest BCUT2D eigenvalue weighted by Gasteiger charge is -2.18. The Morgan fingerprint density at radius 3 is 2.71 bits per heavy atom. The molecule has 1 aliphatic carbocycles. The van der Waals surface area contributed by atoms with Crippen LogP contribution >= 0.6 is 0 Å². The van der Waals surface area contributed by atoms with Crippen molar-refractivity contribution in [1.29, 1.82) is 0 Å². The fourth-order valence-corrected chi connectivity index (χ4v) is 1.67. The van der Waals surface area contributed by atoms with Crippen LogP contribution in [0.15, 0.2) is 18.5 Å². The predicted molar refractivity (Wildman–Crippen MR) is 52.7 cm³/mol. The molecule has 1 heterocycles. The van der Waals surface area contributed by atoms with Crippen molar-refractivity contribution in [2.45, 2.75) is 32.0 Å². The summed E-state index contributed by atoms with van der Waals surface area (Å²) in [4.78, 5) is 3.96. The van der Waals surface area contributed by atoms with E-state index in [0.717, 1.165) is 24.0 Å². The van der Waals surface area contributed by atoms with Gasteiger partial charge >= 0.3 is 0 Å². The first-order valence-corrected chi connectivity index (χ1v) is 4.97. The van der Waals surface area contributed by atoms with Crippen molar-refractivity contribution in [2.75, 3.05) is 0 Å². The highest BCUT2D eigenvalue weighted by Gasteiger charge is 2.35. The van der Waals surface area contributed by atoms with E-state index in [1.54, 1.807) is 12.4 Å². The Balaban J connectivity index is 2.17. The molecule has 14 heavy (non-hydrogen) atoms. The van der Waals surface area contributed by atoms with Crippen molar-refractivity contribution < 1.29 is 10.2 Å². The number of hydrogen-bond donors (Lipinski definition) is 2. The van der Waals surface area contributed by atoms with Crippen molar-refractivity contribution in [3.63, 3.8) is 0 Å².